The van der Waals surface area contributed by atoms with Gasteiger partial charge in [0, 0.05) is 22.1 Å². The zero-order chi connectivity index (χ0) is 17.4. The van der Waals surface area contributed by atoms with Crippen molar-refractivity contribution >= 4 is 11.3 Å². The zero-order valence-electron chi connectivity index (χ0n) is 14.3. The summed E-state index contributed by atoms with van der Waals surface area (Å²) in [6.45, 7) is 6.13. The molecule has 0 aliphatic heterocycles. The highest BCUT2D eigenvalue weighted by molar-refractivity contribution is 7.09. The lowest BCUT2D eigenvalue weighted by atomic mass is 10.1. The van der Waals surface area contributed by atoms with Gasteiger partial charge in [0.25, 0.3) is 5.89 Å². The predicted octanol–water partition coefficient (Wildman–Crippen LogP) is 5.45. The number of hydrogen-bond acceptors (Lipinski definition) is 5. The SMILES string of the molecule is Cc1cc(C)cc(-c2nc(-c3ccc(-c4csc(C)n4)cc3)no2)c1. The van der Waals surface area contributed by atoms with Crippen LogP contribution in [0.1, 0.15) is 16.1 Å². The molecule has 0 unspecified atom stereocenters. The first kappa shape index (κ1) is 15.7. The Labute approximate surface area is 150 Å². The van der Waals surface area contributed by atoms with Gasteiger partial charge in [-0.15, -0.1) is 11.3 Å². The van der Waals surface area contributed by atoms with Gasteiger partial charge in [0.2, 0.25) is 5.82 Å². The molecule has 0 saturated heterocycles. The van der Waals surface area contributed by atoms with Crippen molar-refractivity contribution in [2.45, 2.75) is 20.8 Å². The Balaban J connectivity index is 1.63. The molecule has 4 rings (SSSR count). The van der Waals surface area contributed by atoms with Crippen LogP contribution in [0.2, 0.25) is 0 Å². The molecule has 4 aromatic rings. The van der Waals surface area contributed by atoms with Gasteiger partial charge in [-0.1, -0.05) is 46.6 Å². The van der Waals surface area contributed by atoms with Crippen molar-refractivity contribution in [1.82, 2.24) is 15.1 Å². The van der Waals surface area contributed by atoms with Crippen LogP contribution in [0.15, 0.2) is 52.4 Å². The smallest absolute Gasteiger partial charge is 0.258 e. The molecule has 0 aliphatic carbocycles. The number of aryl methyl sites for hydroxylation is 3. The van der Waals surface area contributed by atoms with E-state index in [4.69, 9.17) is 4.52 Å². The summed E-state index contributed by atoms with van der Waals surface area (Å²) in [5.41, 5.74) is 6.32. The molecule has 4 nitrogen and oxygen atoms in total. The normalized spacial score (nSPS) is 11.0. The molecule has 0 atom stereocenters. The van der Waals surface area contributed by atoms with E-state index in [0.29, 0.717) is 11.7 Å². The lowest BCUT2D eigenvalue weighted by Gasteiger charge is -2.00. The first-order chi connectivity index (χ1) is 12.1. The van der Waals surface area contributed by atoms with Crippen molar-refractivity contribution in [2.24, 2.45) is 0 Å². The number of rotatable bonds is 3. The predicted molar refractivity (Wildman–Crippen MR) is 100 cm³/mol. The molecule has 2 aromatic heterocycles. The van der Waals surface area contributed by atoms with Gasteiger partial charge in [0.15, 0.2) is 0 Å². The van der Waals surface area contributed by atoms with Crippen molar-refractivity contribution in [3.63, 3.8) is 0 Å². The molecule has 2 heterocycles. The summed E-state index contributed by atoms with van der Waals surface area (Å²) in [7, 11) is 0. The molecule has 124 valence electrons. The van der Waals surface area contributed by atoms with E-state index in [9.17, 15) is 0 Å². The number of thiazole rings is 1. The fourth-order valence-electron chi connectivity index (χ4n) is 2.84. The van der Waals surface area contributed by atoms with Crippen molar-refractivity contribution in [1.29, 1.82) is 0 Å². The molecule has 0 aliphatic rings. The van der Waals surface area contributed by atoms with Crippen LogP contribution in [-0.4, -0.2) is 15.1 Å². The highest BCUT2D eigenvalue weighted by atomic mass is 32.1. The molecule has 2 aromatic carbocycles. The minimum atomic E-state index is 0.543. The average Bonchev–Trinajstić information content (AvgIpc) is 3.23. The summed E-state index contributed by atoms with van der Waals surface area (Å²) in [6.07, 6.45) is 0. The first-order valence-electron chi connectivity index (χ1n) is 8.04. The van der Waals surface area contributed by atoms with Crippen LogP contribution in [0.3, 0.4) is 0 Å². The van der Waals surface area contributed by atoms with E-state index in [-0.39, 0.29) is 0 Å². The molecule has 0 N–H and O–H groups in total. The number of nitrogens with zero attached hydrogens (tertiary/aromatic N) is 3. The van der Waals surface area contributed by atoms with Crippen LogP contribution in [0.5, 0.6) is 0 Å². The molecule has 0 fully saturated rings. The monoisotopic (exact) mass is 347 g/mol. The van der Waals surface area contributed by atoms with E-state index < -0.39 is 0 Å². The van der Waals surface area contributed by atoms with Gasteiger partial charge in [-0.3, -0.25) is 0 Å². The van der Waals surface area contributed by atoms with E-state index in [0.717, 1.165) is 27.4 Å². The molecule has 0 bridgehead atoms. The second-order valence-corrected chi connectivity index (χ2v) is 7.19. The molecule has 5 heteroatoms. The van der Waals surface area contributed by atoms with Crippen LogP contribution in [0, 0.1) is 20.8 Å². The third-order valence-electron chi connectivity index (χ3n) is 3.95. The van der Waals surface area contributed by atoms with Gasteiger partial charge in [0.1, 0.15) is 0 Å². The Morgan fingerprint density at radius 1 is 0.800 bits per heavy atom. The summed E-state index contributed by atoms with van der Waals surface area (Å²) < 4.78 is 5.46. The molecule has 0 saturated carbocycles. The summed E-state index contributed by atoms with van der Waals surface area (Å²) >= 11 is 1.65. The first-order valence-corrected chi connectivity index (χ1v) is 8.92. The van der Waals surface area contributed by atoms with E-state index in [1.165, 1.54) is 11.1 Å². The Kier molecular flexibility index (Phi) is 3.93. The maximum Gasteiger partial charge on any atom is 0.258 e. The summed E-state index contributed by atoms with van der Waals surface area (Å²) in [4.78, 5) is 9.06. The molecular weight excluding hydrogens is 330 g/mol. The fourth-order valence-corrected chi connectivity index (χ4v) is 3.46. The van der Waals surface area contributed by atoms with Gasteiger partial charge in [-0.2, -0.15) is 4.98 Å². The lowest BCUT2D eigenvalue weighted by Crippen LogP contribution is -1.84. The summed E-state index contributed by atoms with van der Waals surface area (Å²) in [5.74, 6) is 1.14. The number of hydrogen-bond donors (Lipinski definition) is 0. The van der Waals surface area contributed by atoms with Crippen LogP contribution in [0.4, 0.5) is 0 Å². The highest BCUT2D eigenvalue weighted by Gasteiger charge is 2.12. The Bertz CT molecular complexity index is 1010. The Morgan fingerprint density at radius 3 is 2.12 bits per heavy atom. The summed E-state index contributed by atoms with van der Waals surface area (Å²) in [5, 5.41) is 7.26. The third-order valence-corrected chi connectivity index (χ3v) is 4.73. The lowest BCUT2D eigenvalue weighted by molar-refractivity contribution is 0.432. The third kappa shape index (κ3) is 3.23. The van der Waals surface area contributed by atoms with Gasteiger partial charge >= 0.3 is 0 Å². The van der Waals surface area contributed by atoms with Crippen LogP contribution < -0.4 is 0 Å². The van der Waals surface area contributed by atoms with E-state index in [1.807, 2.05) is 31.2 Å². The van der Waals surface area contributed by atoms with E-state index >= 15 is 0 Å². The minimum absolute atomic E-state index is 0.543. The molecule has 0 amide bonds. The average molecular weight is 347 g/mol. The zero-order valence-corrected chi connectivity index (χ0v) is 15.1. The number of benzene rings is 2. The Hall–Kier alpha value is -2.79. The molecule has 25 heavy (non-hydrogen) atoms. The fraction of sp³-hybridized carbons (Fsp3) is 0.150. The van der Waals surface area contributed by atoms with Crippen molar-refractivity contribution in [3.8, 4) is 34.1 Å². The largest absolute Gasteiger partial charge is 0.334 e. The second kappa shape index (κ2) is 6.26. The standard InChI is InChI=1S/C20H17N3OS/c1-12-8-13(2)10-17(9-12)20-22-19(23-24-20)16-6-4-15(5-7-16)18-11-25-14(3)21-18/h4-11H,1-3H3. The van der Waals surface area contributed by atoms with Crippen LogP contribution in [0.25, 0.3) is 34.1 Å². The van der Waals surface area contributed by atoms with Gasteiger partial charge in [0.05, 0.1) is 10.7 Å². The maximum atomic E-state index is 5.46. The van der Waals surface area contributed by atoms with Crippen molar-refractivity contribution < 1.29 is 4.52 Å². The highest BCUT2D eigenvalue weighted by Crippen LogP contribution is 2.27. The minimum Gasteiger partial charge on any atom is -0.334 e. The van der Waals surface area contributed by atoms with Gasteiger partial charge < -0.3 is 4.52 Å². The van der Waals surface area contributed by atoms with Crippen LogP contribution >= 0.6 is 11.3 Å². The van der Waals surface area contributed by atoms with Crippen molar-refractivity contribution in [2.75, 3.05) is 0 Å². The van der Waals surface area contributed by atoms with Gasteiger partial charge in [-0.05, 0) is 32.9 Å². The Morgan fingerprint density at radius 2 is 1.48 bits per heavy atom. The molecule has 0 spiro atoms. The topological polar surface area (TPSA) is 51.8 Å². The molecular formula is C20H17N3OS. The van der Waals surface area contributed by atoms with E-state index in [1.54, 1.807) is 11.3 Å². The molecule has 0 radical (unpaired) electrons. The quantitative estimate of drug-likeness (QED) is 0.494. The van der Waals surface area contributed by atoms with Crippen molar-refractivity contribution in [3.05, 3.63) is 64.0 Å². The number of aromatic nitrogens is 3. The van der Waals surface area contributed by atoms with E-state index in [2.05, 4.69) is 52.6 Å². The maximum absolute atomic E-state index is 5.46. The van der Waals surface area contributed by atoms with Crippen LogP contribution in [-0.2, 0) is 0 Å². The summed E-state index contributed by atoms with van der Waals surface area (Å²) in [6, 6.07) is 14.3. The second-order valence-electron chi connectivity index (χ2n) is 6.13. The van der Waals surface area contributed by atoms with Gasteiger partial charge in [-0.25, -0.2) is 4.98 Å².